The van der Waals surface area contributed by atoms with E-state index in [1.165, 1.54) is 12.1 Å². The SMILES string of the molecule is CC(O)c1cc(F)ccc1-n1cc(-c2ccccc2)cn1. The van der Waals surface area contributed by atoms with E-state index in [-0.39, 0.29) is 5.82 Å². The number of hydrogen-bond acceptors (Lipinski definition) is 2. The summed E-state index contributed by atoms with van der Waals surface area (Å²) in [6, 6.07) is 14.2. The number of aliphatic hydroxyl groups excluding tert-OH is 1. The van der Waals surface area contributed by atoms with Crippen LogP contribution in [0.3, 0.4) is 0 Å². The summed E-state index contributed by atoms with van der Waals surface area (Å²) in [5.74, 6) is -0.370. The molecule has 0 saturated carbocycles. The van der Waals surface area contributed by atoms with E-state index < -0.39 is 6.10 Å². The zero-order valence-corrected chi connectivity index (χ0v) is 11.6. The number of aromatic nitrogens is 2. The molecule has 0 bridgehead atoms. The molecule has 0 saturated heterocycles. The standard InChI is InChI=1S/C17H15FN2O/c1-12(21)16-9-15(18)7-8-17(16)20-11-14(10-19-20)13-5-3-2-4-6-13/h2-12,21H,1H3. The average molecular weight is 282 g/mol. The van der Waals surface area contributed by atoms with E-state index in [1.54, 1.807) is 23.9 Å². The molecule has 0 aliphatic heterocycles. The summed E-state index contributed by atoms with van der Waals surface area (Å²) >= 11 is 0. The first-order valence-corrected chi connectivity index (χ1v) is 6.73. The van der Waals surface area contributed by atoms with Gasteiger partial charge in [-0.3, -0.25) is 0 Å². The van der Waals surface area contributed by atoms with E-state index in [0.717, 1.165) is 11.1 Å². The van der Waals surface area contributed by atoms with Crippen LogP contribution in [0.15, 0.2) is 60.9 Å². The molecule has 3 rings (SSSR count). The van der Waals surface area contributed by atoms with Crippen LogP contribution in [-0.2, 0) is 0 Å². The van der Waals surface area contributed by atoms with Crippen molar-refractivity contribution in [3.63, 3.8) is 0 Å². The van der Waals surface area contributed by atoms with Gasteiger partial charge in [0.1, 0.15) is 5.82 Å². The molecule has 0 radical (unpaired) electrons. The first-order chi connectivity index (χ1) is 10.1. The summed E-state index contributed by atoms with van der Waals surface area (Å²) in [7, 11) is 0. The topological polar surface area (TPSA) is 38.0 Å². The highest BCUT2D eigenvalue weighted by molar-refractivity contribution is 5.62. The molecule has 1 heterocycles. The molecule has 4 heteroatoms. The molecule has 3 nitrogen and oxygen atoms in total. The van der Waals surface area contributed by atoms with Crippen molar-refractivity contribution in [3.8, 4) is 16.8 Å². The smallest absolute Gasteiger partial charge is 0.123 e. The number of nitrogens with zero attached hydrogens (tertiary/aromatic N) is 2. The highest BCUT2D eigenvalue weighted by Crippen LogP contribution is 2.25. The van der Waals surface area contributed by atoms with Gasteiger partial charge in [0, 0.05) is 17.3 Å². The van der Waals surface area contributed by atoms with Crippen LogP contribution in [0.2, 0.25) is 0 Å². The normalized spacial score (nSPS) is 12.3. The van der Waals surface area contributed by atoms with Gasteiger partial charge in [0.05, 0.1) is 18.0 Å². The van der Waals surface area contributed by atoms with Crippen molar-refractivity contribution in [2.75, 3.05) is 0 Å². The highest BCUT2D eigenvalue weighted by Gasteiger charge is 2.12. The van der Waals surface area contributed by atoms with Crippen LogP contribution in [-0.4, -0.2) is 14.9 Å². The lowest BCUT2D eigenvalue weighted by molar-refractivity contribution is 0.198. The van der Waals surface area contributed by atoms with Crippen LogP contribution in [0.25, 0.3) is 16.8 Å². The van der Waals surface area contributed by atoms with Crippen LogP contribution in [0, 0.1) is 5.82 Å². The maximum absolute atomic E-state index is 13.4. The van der Waals surface area contributed by atoms with Gasteiger partial charge in [-0.15, -0.1) is 0 Å². The Balaban J connectivity index is 2.05. The van der Waals surface area contributed by atoms with E-state index in [1.807, 2.05) is 36.5 Å². The van der Waals surface area contributed by atoms with E-state index in [9.17, 15) is 9.50 Å². The third kappa shape index (κ3) is 2.71. The lowest BCUT2D eigenvalue weighted by Crippen LogP contribution is -2.03. The Morgan fingerprint density at radius 3 is 2.57 bits per heavy atom. The van der Waals surface area contributed by atoms with Crippen LogP contribution in [0.5, 0.6) is 0 Å². The van der Waals surface area contributed by atoms with E-state index in [4.69, 9.17) is 0 Å². The number of hydrogen-bond donors (Lipinski definition) is 1. The molecule has 0 amide bonds. The quantitative estimate of drug-likeness (QED) is 0.795. The van der Waals surface area contributed by atoms with Gasteiger partial charge in [0.25, 0.3) is 0 Å². The van der Waals surface area contributed by atoms with Gasteiger partial charge in [-0.05, 0) is 30.7 Å². The monoisotopic (exact) mass is 282 g/mol. The van der Waals surface area contributed by atoms with Gasteiger partial charge < -0.3 is 5.11 Å². The molecule has 0 spiro atoms. The van der Waals surface area contributed by atoms with E-state index in [2.05, 4.69) is 5.10 Å². The van der Waals surface area contributed by atoms with Crippen molar-refractivity contribution in [2.45, 2.75) is 13.0 Å². The molecule has 1 atom stereocenters. The summed E-state index contributed by atoms with van der Waals surface area (Å²) in [5, 5.41) is 14.1. The van der Waals surface area contributed by atoms with E-state index >= 15 is 0 Å². The molecule has 3 aromatic rings. The van der Waals surface area contributed by atoms with Gasteiger partial charge in [-0.2, -0.15) is 5.10 Å². The molecule has 1 aromatic heterocycles. The Kier molecular flexibility index (Phi) is 3.54. The lowest BCUT2D eigenvalue weighted by atomic mass is 10.1. The van der Waals surface area contributed by atoms with Gasteiger partial charge in [-0.25, -0.2) is 9.07 Å². The summed E-state index contributed by atoms with van der Waals surface area (Å²) in [6.45, 7) is 1.61. The summed E-state index contributed by atoms with van der Waals surface area (Å²) in [5.41, 5.74) is 3.22. The second kappa shape index (κ2) is 5.50. The molecule has 21 heavy (non-hydrogen) atoms. The molecule has 0 aliphatic carbocycles. The second-order valence-electron chi connectivity index (χ2n) is 4.92. The van der Waals surface area contributed by atoms with Crippen molar-refractivity contribution in [1.82, 2.24) is 9.78 Å². The van der Waals surface area contributed by atoms with Crippen molar-refractivity contribution in [1.29, 1.82) is 0 Å². The fraction of sp³-hybridized carbons (Fsp3) is 0.118. The first kappa shape index (κ1) is 13.5. The van der Waals surface area contributed by atoms with Crippen molar-refractivity contribution in [2.24, 2.45) is 0 Å². The van der Waals surface area contributed by atoms with Crippen LogP contribution in [0.4, 0.5) is 4.39 Å². The van der Waals surface area contributed by atoms with Crippen LogP contribution < -0.4 is 0 Å². The Morgan fingerprint density at radius 2 is 1.86 bits per heavy atom. The minimum atomic E-state index is -0.764. The second-order valence-corrected chi connectivity index (χ2v) is 4.92. The maximum Gasteiger partial charge on any atom is 0.123 e. The summed E-state index contributed by atoms with van der Waals surface area (Å²) < 4.78 is 15.0. The zero-order valence-electron chi connectivity index (χ0n) is 11.6. The van der Waals surface area contributed by atoms with Gasteiger partial charge in [0.15, 0.2) is 0 Å². The zero-order chi connectivity index (χ0) is 14.8. The predicted molar refractivity (Wildman–Crippen MR) is 79.6 cm³/mol. The van der Waals surface area contributed by atoms with Crippen LogP contribution in [0.1, 0.15) is 18.6 Å². The van der Waals surface area contributed by atoms with Gasteiger partial charge >= 0.3 is 0 Å². The van der Waals surface area contributed by atoms with Crippen molar-refractivity contribution >= 4 is 0 Å². The number of aliphatic hydroxyl groups is 1. The molecule has 1 N–H and O–H groups in total. The number of halogens is 1. The third-order valence-corrected chi connectivity index (χ3v) is 3.38. The van der Waals surface area contributed by atoms with E-state index in [0.29, 0.717) is 11.3 Å². The fourth-order valence-electron chi connectivity index (χ4n) is 2.30. The van der Waals surface area contributed by atoms with Gasteiger partial charge in [-0.1, -0.05) is 30.3 Å². The molecular formula is C17H15FN2O. The Morgan fingerprint density at radius 1 is 1.10 bits per heavy atom. The van der Waals surface area contributed by atoms with Crippen LogP contribution >= 0.6 is 0 Å². The largest absolute Gasteiger partial charge is 0.389 e. The Hall–Kier alpha value is -2.46. The average Bonchev–Trinajstić information content (AvgIpc) is 2.97. The molecule has 0 fully saturated rings. The fourth-order valence-corrected chi connectivity index (χ4v) is 2.30. The lowest BCUT2D eigenvalue weighted by Gasteiger charge is -2.12. The Bertz CT molecular complexity index is 750. The molecule has 106 valence electrons. The number of rotatable bonds is 3. The molecule has 1 unspecified atom stereocenters. The van der Waals surface area contributed by atoms with Crippen molar-refractivity contribution in [3.05, 3.63) is 72.3 Å². The summed E-state index contributed by atoms with van der Waals surface area (Å²) in [4.78, 5) is 0. The maximum atomic E-state index is 13.4. The van der Waals surface area contributed by atoms with Gasteiger partial charge in [0.2, 0.25) is 0 Å². The first-order valence-electron chi connectivity index (χ1n) is 6.73. The molecule has 2 aromatic carbocycles. The molecule has 0 aliphatic rings. The highest BCUT2D eigenvalue weighted by atomic mass is 19.1. The molecular weight excluding hydrogens is 267 g/mol. The third-order valence-electron chi connectivity index (χ3n) is 3.38. The Labute approximate surface area is 122 Å². The minimum absolute atomic E-state index is 0.370. The van der Waals surface area contributed by atoms with Crippen molar-refractivity contribution < 1.29 is 9.50 Å². The predicted octanol–water partition coefficient (Wildman–Crippen LogP) is 3.73. The summed E-state index contributed by atoms with van der Waals surface area (Å²) in [6.07, 6.45) is 2.86. The minimum Gasteiger partial charge on any atom is -0.389 e. The number of benzene rings is 2.